The Labute approximate surface area is 186 Å². The van der Waals surface area contributed by atoms with Crippen molar-refractivity contribution in [3.05, 3.63) is 58.4 Å². The van der Waals surface area contributed by atoms with Gasteiger partial charge in [0, 0.05) is 42.4 Å². The van der Waals surface area contributed by atoms with E-state index in [-0.39, 0.29) is 17.2 Å². The molecule has 0 atom stereocenters. The van der Waals surface area contributed by atoms with Crippen LogP contribution in [-0.4, -0.2) is 4.98 Å². The summed E-state index contributed by atoms with van der Waals surface area (Å²) in [7, 11) is 1.68. The third-order valence-corrected chi connectivity index (χ3v) is 5.27. The summed E-state index contributed by atoms with van der Waals surface area (Å²) < 4.78 is 59.6. The molecule has 0 fully saturated rings. The number of hydrogen-bond acceptors (Lipinski definition) is 3. The second-order valence-corrected chi connectivity index (χ2v) is 8.67. The van der Waals surface area contributed by atoms with Crippen LogP contribution < -0.4 is 4.57 Å². The second kappa shape index (κ2) is 6.95. The van der Waals surface area contributed by atoms with Crippen LogP contribution >= 0.6 is 0 Å². The highest BCUT2D eigenvalue weighted by molar-refractivity contribution is 6.09. The van der Waals surface area contributed by atoms with Crippen molar-refractivity contribution in [1.82, 2.24) is 4.98 Å². The standard InChI is InChI=1S/C26H28N3O/c1-15-8-9-20-21-10-18(13-27)14-28-25(21)30-24(20)23(15)22-11-19(12-26(4,5)6)16(2)17(3)29(22)7/h8-11,14H,12H2,1-7H3/q+1/i2D3,11D,12D2. The molecule has 3 aromatic heterocycles. The zero-order valence-corrected chi connectivity index (χ0v) is 18.1. The SMILES string of the molecule is [2H]c1c(C([2H])([2H])C(C)(C)C)c(C([2H])([2H])[2H])c(C)[n+](C)c1-c1c(C)ccc2c1oc1ncc(C#N)cc12. The molecule has 0 saturated carbocycles. The topological polar surface area (TPSA) is 53.7 Å². The van der Waals surface area contributed by atoms with Crippen LogP contribution in [0.4, 0.5) is 0 Å². The summed E-state index contributed by atoms with van der Waals surface area (Å²) in [6.45, 7) is 5.97. The second-order valence-electron chi connectivity index (χ2n) is 8.67. The van der Waals surface area contributed by atoms with E-state index in [1.54, 1.807) is 45.4 Å². The summed E-state index contributed by atoms with van der Waals surface area (Å²) in [6, 6.07) is 7.32. The highest BCUT2D eigenvalue weighted by atomic mass is 16.3. The van der Waals surface area contributed by atoms with Gasteiger partial charge >= 0.3 is 0 Å². The van der Waals surface area contributed by atoms with Crippen LogP contribution in [0, 0.1) is 37.4 Å². The smallest absolute Gasteiger partial charge is 0.227 e. The molecule has 0 aliphatic carbocycles. The number of aryl methyl sites for hydroxylation is 1. The van der Waals surface area contributed by atoms with Crippen molar-refractivity contribution < 1.29 is 17.2 Å². The molecule has 0 amide bonds. The number of furan rings is 1. The molecular weight excluding hydrogens is 370 g/mol. The lowest BCUT2D eigenvalue weighted by Crippen LogP contribution is -2.36. The number of pyridine rings is 2. The number of hydrogen-bond donors (Lipinski definition) is 0. The number of aromatic nitrogens is 2. The fourth-order valence-corrected chi connectivity index (χ4v) is 3.66. The Bertz CT molecular complexity index is 1590. The molecule has 0 bridgehead atoms. The lowest BCUT2D eigenvalue weighted by Gasteiger charge is -2.20. The molecule has 0 saturated heterocycles. The first-order chi connectivity index (χ1) is 16.5. The van der Waals surface area contributed by atoms with Gasteiger partial charge in [-0.05, 0) is 42.8 Å². The van der Waals surface area contributed by atoms with Crippen LogP contribution in [0.15, 0.2) is 34.9 Å². The molecule has 152 valence electrons. The molecule has 30 heavy (non-hydrogen) atoms. The Kier molecular flexibility index (Phi) is 3.23. The molecule has 4 rings (SSSR count). The first-order valence-corrected chi connectivity index (χ1v) is 9.78. The molecule has 3 heterocycles. The van der Waals surface area contributed by atoms with Gasteiger partial charge in [0.05, 0.1) is 12.5 Å². The molecule has 4 nitrogen and oxygen atoms in total. The van der Waals surface area contributed by atoms with Gasteiger partial charge < -0.3 is 4.42 Å². The van der Waals surface area contributed by atoms with Gasteiger partial charge in [-0.3, -0.25) is 0 Å². The van der Waals surface area contributed by atoms with Gasteiger partial charge in [0.25, 0.3) is 0 Å². The third-order valence-electron chi connectivity index (χ3n) is 5.27. The summed E-state index contributed by atoms with van der Waals surface area (Å²) in [4.78, 5) is 4.27. The van der Waals surface area contributed by atoms with Crippen molar-refractivity contribution in [1.29, 1.82) is 5.26 Å². The zero-order valence-electron chi connectivity index (χ0n) is 24.1. The van der Waals surface area contributed by atoms with E-state index in [2.05, 4.69) is 11.1 Å². The average molecular weight is 405 g/mol. The number of fused-ring (bicyclic) bond motifs is 3. The van der Waals surface area contributed by atoms with Crippen LogP contribution in [0.25, 0.3) is 33.3 Å². The minimum Gasteiger partial charge on any atom is -0.437 e. The molecule has 0 aliphatic rings. The van der Waals surface area contributed by atoms with Crippen molar-refractivity contribution in [2.75, 3.05) is 0 Å². The summed E-state index contributed by atoms with van der Waals surface area (Å²) in [5.74, 6) is 0. The summed E-state index contributed by atoms with van der Waals surface area (Å²) in [5.41, 5.74) is 1.94. The summed E-state index contributed by atoms with van der Waals surface area (Å²) in [6.07, 6.45) is -0.696. The van der Waals surface area contributed by atoms with Crippen molar-refractivity contribution >= 4 is 22.1 Å². The average Bonchev–Trinajstić information content (AvgIpc) is 3.13. The lowest BCUT2D eigenvalue weighted by atomic mass is 9.85. The highest BCUT2D eigenvalue weighted by Gasteiger charge is 2.26. The fraction of sp³-hybridized carbons (Fsp3) is 0.346. The summed E-state index contributed by atoms with van der Waals surface area (Å²) >= 11 is 0. The van der Waals surface area contributed by atoms with Gasteiger partial charge in [0.15, 0.2) is 11.3 Å². The van der Waals surface area contributed by atoms with Crippen molar-refractivity contribution in [3.63, 3.8) is 0 Å². The minimum absolute atomic E-state index is 0.141. The minimum atomic E-state index is -2.62. The van der Waals surface area contributed by atoms with Crippen molar-refractivity contribution in [2.24, 2.45) is 12.5 Å². The van der Waals surface area contributed by atoms with E-state index in [0.717, 1.165) is 5.56 Å². The van der Waals surface area contributed by atoms with Gasteiger partial charge in [0.2, 0.25) is 11.4 Å². The molecule has 0 radical (unpaired) electrons. The molecule has 0 unspecified atom stereocenters. The monoisotopic (exact) mass is 404 g/mol. The number of rotatable bonds is 2. The zero-order chi connectivity index (χ0) is 27.0. The number of benzene rings is 1. The van der Waals surface area contributed by atoms with E-state index < -0.39 is 18.6 Å². The molecule has 4 heteroatoms. The molecule has 0 spiro atoms. The fourth-order valence-electron chi connectivity index (χ4n) is 3.66. The molecular formula is C26H28N3O+. The van der Waals surface area contributed by atoms with Gasteiger partial charge in [-0.1, -0.05) is 32.9 Å². The van der Waals surface area contributed by atoms with E-state index in [1.165, 1.54) is 6.20 Å². The Hall–Kier alpha value is -3.19. The van der Waals surface area contributed by atoms with Crippen LogP contribution in [0.2, 0.25) is 0 Å². The largest absolute Gasteiger partial charge is 0.437 e. The Morgan fingerprint density at radius 3 is 2.73 bits per heavy atom. The Balaban J connectivity index is 2.23. The highest BCUT2D eigenvalue weighted by Crippen LogP contribution is 2.37. The van der Waals surface area contributed by atoms with Crippen molar-refractivity contribution in [3.8, 4) is 17.3 Å². The first kappa shape index (κ1) is 13.9. The number of nitriles is 1. The molecule has 1 aromatic carbocycles. The maximum absolute atomic E-state index is 9.32. The Morgan fingerprint density at radius 1 is 1.30 bits per heavy atom. The van der Waals surface area contributed by atoms with Crippen LogP contribution in [0.5, 0.6) is 0 Å². The van der Waals surface area contributed by atoms with Gasteiger partial charge in [-0.2, -0.15) is 9.83 Å². The van der Waals surface area contributed by atoms with E-state index in [0.29, 0.717) is 44.6 Å². The predicted molar refractivity (Wildman–Crippen MR) is 120 cm³/mol. The van der Waals surface area contributed by atoms with Gasteiger partial charge in [0.1, 0.15) is 13.1 Å². The maximum Gasteiger partial charge on any atom is 0.227 e. The van der Waals surface area contributed by atoms with Crippen LogP contribution in [0.1, 0.15) is 56.9 Å². The lowest BCUT2D eigenvalue weighted by molar-refractivity contribution is -0.667. The van der Waals surface area contributed by atoms with Gasteiger partial charge in [-0.15, -0.1) is 0 Å². The van der Waals surface area contributed by atoms with E-state index in [9.17, 15) is 6.63 Å². The molecule has 0 N–H and O–H groups in total. The van der Waals surface area contributed by atoms with Crippen LogP contribution in [-0.2, 0) is 13.4 Å². The molecule has 0 aliphatic heterocycles. The van der Waals surface area contributed by atoms with Crippen molar-refractivity contribution in [2.45, 2.75) is 47.8 Å². The predicted octanol–water partition coefficient (Wildman–Crippen LogP) is 5.86. The van der Waals surface area contributed by atoms with Gasteiger partial charge in [-0.25, -0.2) is 4.98 Å². The molecule has 4 aromatic rings. The quantitative estimate of drug-likeness (QED) is 0.393. The number of nitrogens with zero attached hydrogens (tertiary/aromatic N) is 3. The normalized spacial score (nSPS) is 15.8. The van der Waals surface area contributed by atoms with E-state index in [1.807, 2.05) is 19.1 Å². The maximum atomic E-state index is 9.32. The Morgan fingerprint density at radius 2 is 2.07 bits per heavy atom. The van der Waals surface area contributed by atoms with Crippen LogP contribution in [0.3, 0.4) is 0 Å². The summed E-state index contributed by atoms with van der Waals surface area (Å²) in [5, 5.41) is 10.7. The van der Waals surface area contributed by atoms with E-state index >= 15 is 0 Å². The third kappa shape index (κ3) is 3.25. The first-order valence-electron chi connectivity index (χ1n) is 12.8. The van der Waals surface area contributed by atoms with E-state index in [4.69, 9.17) is 11.3 Å².